The highest BCUT2D eigenvalue weighted by molar-refractivity contribution is 7.17. The molecule has 3 aromatic rings. The molecule has 6 heteroatoms. The topological polar surface area (TPSA) is 55.1 Å². The molecule has 0 aliphatic carbocycles. The van der Waals surface area contributed by atoms with Crippen LogP contribution < -0.4 is 5.32 Å². The van der Waals surface area contributed by atoms with E-state index in [2.05, 4.69) is 27.3 Å². The van der Waals surface area contributed by atoms with Crippen molar-refractivity contribution in [3.63, 3.8) is 0 Å². The number of thiazole rings is 1. The third-order valence-electron chi connectivity index (χ3n) is 3.42. The quantitative estimate of drug-likeness (QED) is 0.736. The SMILES string of the molecule is CC1NCCc2c1sc1nc(-c3ccccn3)nn21. The number of fused-ring (bicyclic) bond motifs is 3. The van der Waals surface area contributed by atoms with Gasteiger partial charge in [-0.05, 0) is 19.1 Å². The van der Waals surface area contributed by atoms with Crippen molar-refractivity contribution >= 4 is 16.3 Å². The summed E-state index contributed by atoms with van der Waals surface area (Å²) in [6.45, 7) is 3.19. The Labute approximate surface area is 114 Å². The Morgan fingerprint density at radius 3 is 3.21 bits per heavy atom. The van der Waals surface area contributed by atoms with Crippen molar-refractivity contribution in [3.8, 4) is 11.5 Å². The molecule has 0 saturated carbocycles. The van der Waals surface area contributed by atoms with Crippen molar-refractivity contribution in [2.45, 2.75) is 19.4 Å². The fourth-order valence-electron chi connectivity index (χ4n) is 2.47. The second kappa shape index (κ2) is 4.11. The molecule has 1 atom stereocenters. The third kappa shape index (κ3) is 1.67. The van der Waals surface area contributed by atoms with E-state index in [1.165, 1.54) is 10.6 Å². The molecule has 96 valence electrons. The van der Waals surface area contributed by atoms with Crippen molar-refractivity contribution in [2.75, 3.05) is 6.54 Å². The Balaban J connectivity index is 1.88. The molecule has 0 fully saturated rings. The molecule has 1 aliphatic rings. The molecular weight excluding hydrogens is 258 g/mol. The van der Waals surface area contributed by atoms with Gasteiger partial charge in [-0.3, -0.25) is 4.98 Å². The van der Waals surface area contributed by atoms with Gasteiger partial charge < -0.3 is 5.32 Å². The second-order valence-electron chi connectivity index (χ2n) is 4.68. The fourth-order valence-corrected chi connectivity index (χ4v) is 3.60. The van der Waals surface area contributed by atoms with Crippen LogP contribution in [-0.2, 0) is 6.42 Å². The molecule has 0 aromatic carbocycles. The van der Waals surface area contributed by atoms with Gasteiger partial charge in [-0.15, -0.1) is 5.10 Å². The molecule has 19 heavy (non-hydrogen) atoms. The molecule has 3 aromatic heterocycles. The molecule has 0 spiro atoms. The summed E-state index contributed by atoms with van der Waals surface area (Å²) in [5.74, 6) is 0.709. The van der Waals surface area contributed by atoms with Gasteiger partial charge in [-0.2, -0.15) is 4.98 Å². The van der Waals surface area contributed by atoms with Crippen LogP contribution in [0.1, 0.15) is 23.5 Å². The third-order valence-corrected chi connectivity index (χ3v) is 4.67. The molecule has 1 aliphatic heterocycles. The van der Waals surface area contributed by atoms with Crippen LogP contribution >= 0.6 is 11.3 Å². The Bertz CT molecular complexity index is 730. The van der Waals surface area contributed by atoms with Crippen molar-refractivity contribution in [3.05, 3.63) is 35.0 Å². The largest absolute Gasteiger partial charge is 0.309 e. The lowest BCUT2D eigenvalue weighted by Crippen LogP contribution is -2.27. The van der Waals surface area contributed by atoms with Crippen LogP contribution in [0.5, 0.6) is 0 Å². The number of aromatic nitrogens is 4. The van der Waals surface area contributed by atoms with Crippen molar-refractivity contribution in [1.29, 1.82) is 0 Å². The lowest BCUT2D eigenvalue weighted by molar-refractivity contribution is 0.537. The van der Waals surface area contributed by atoms with Crippen LogP contribution in [0.15, 0.2) is 24.4 Å². The van der Waals surface area contributed by atoms with Gasteiger partial charge in [0.25, 0.3) is 0 Å². The number of pyridine rings is 1. The predicted octanol–water partition coefficient (Wildman–Crippen LogP) is 2.06. The number of hydrogen-bond acceptors (Lipinski definition) is 5. The maximum atomic E-state index is 4.62. The summed E-state index contributed by atoms with van der Waals surface area (Å²) in [7, 11) is 0. The lowest BCUT2D eigenvalue weighted by Gasteiger charge is -2.19. The minimum atomic E-state index is 0.399. The highest BCUT2D eigenvalue weighted by Crippen LogP contribution is 2.31. The first-order chi connectivity index (χ1) is 9.33. The summed E-state index contributed by atoms with van der Waals surface area (Å²) < 4.78 is 1.99. The Morgan fingerprint density at radius 2 is 2.37 bits per heavy atom. The summed E-state index contributed by atoms with van der Waals surface area (Å²) in [6, 6.07) is 6.20. The lowest BCUT2D eigenvalue weighted by atomic mass is 10.1. The summed E-state index contributed by atoms with van der Waals surface area (Å²) in [4.78, 5) is 11.2. The summed E-state index contributed by atoms with van der Waals surface area (Å²) >= 11 is 1.72. The normalized spacial score (nSPS) is 18.7. The van der Waals surface area contributed by atoms with E-state index in [-0.39, 0.29) is 0 Å². The van der Waals surface area contributed by atoms with Gasteiger partial charge in [0.1, 0.15) is 5.69 Å². The minimum absolute atomic E-state index is 0.399. The number of hydrogen-bond donors (Lipinski definition) is 1. The monoisotopic (exact) mass is 271 g/mol. The molecule has 0 amide bonds. The average molecular weight is 271 g/mol. The minimum Gasteiger partial charge on any atom is -0.309 e. The second-order valence-corrected chi connectivity index (χ2v) is 5.69. The highest BCUT2D eigenvalue weighted by Gasteiger charge is 2.23. The molecule has 1 unspecified atom stereocenters. The maximum Gasteiger partial charge on any atom is 0.213 e. The zero-order chi connectivity index (χ0) is 12.8. The first-order valence-corrected chi connectivity index (χ1v) is 7.18. The molecule has 1 N–H and O–H groups in total. The molecule has 0 bridgehead atoms. The van der Waals surface area contributed by atoms with E-state index >= 15 is 0 Å². The van der Waals surface area contributed by atoms with Gasteiger partial charge in [0.2, 0.25) is 10.8 Å². The molecule has 4 rings (SSSR count). The van der Waals surface area contributed by atoms with E-state index in [4.69, 9.17) is 0 Å². The highest BCUT2D eigenvalue weighted by atomic mass is 32.1. The molecule has 0 saturated heterocycles. The first-order valence-electron chi connectivity index (χ1n) is 6.36. The summed E-state index contributed by atoms with van der Waals surface area (Å²) in [5.41, 5.74) is 2.12. The van der Waals surface area contributed by atoms with Crippen LogP contribution in [0, 0.1) is 0 Å². The predicted molar refractivity (Wildman–Crippen MR) is 74.2 cm³/mol. The Kier molecular flexibility index (Phi) is 2.39. The molecule has 5 nitrogen and oxygen atoms in total. The fraction of sp³-hybridized carbons (Fsp3) is 0.308. The zero-order valence-electron chi connectivity index (χ0n) is 10.5. The van der Waals surface area contributed by atoms with Gasteiger partial charge in [-0.1, -0.05) is 17.4 Å². The van der Waals surface area contributed by atoms with E-state index in [0.29, 0.717) is 11.9 Å². The van der Waals surface area contributed by atoms with Gasteiger partial charge in [0, 0.05) is 30.1 Å². The van der Waals surface area contributed by atoms with E-state index in [1.54, 1.807) is 17.5 Å². The molecular formula is C13H13N5S. The van der Waals surface area contributed by atoms with Gasteiger partial charge in [-0.25, -0.2) is 4.52 Å². The van der Waals surface area contributed by atoms with Crippen molar-refractivity contribution in [2.24, 2.45) is 0 Å². The van der Waals surface area contributed by atoms with Gasteiger partial charge in [0.15, 0.2) is 0 Å². The van der Waals surface area contributed by atoms with Crippen LogP contribution in [0.25, 0.3) is 16.5 Å². The van der Waals surface area contributed by atoms with Crippen molar-refractivity contribution < 1.29 is 0 Å². The molecule has 0 radical (unpaired) electrons. The standard InChI is InChI=1S/C13H13N5S/c1-8-11-10(5-7-14-8)18-13(19-11)16-12(17-18)9-4-2-3-6-15-9/h2-4,6,8,14H,5,7H2,1H3. The van der Waals surface area contributed by atoms with Gasteiger partial charge in [0.05, 0.1) is 5.69 Å². The van der Waals surface area contributed by atoms with E-state index in [1.807, 2.05) is 22.7 Å². The van der Waals surface area contributed by atoms with Crippen molar-refractivity contribution in [1.82, 2.24) is 24.9 Å². The Morgan fingerprint density at radius 1 is 1.42 bits per heavy atom. The van der Waals surface area contributed by atoms with Crippen LogP contribution in [-0.4, -0.2) is 26.1 Å². The van der Waals surface area contributed by atoms with E-state index in [9.17, 15) is 0 Å². The van der Waals surface area contributed by atoms with Gasteiger partial charge >= 0.3 is 0 Å². The average Bonchev–Trinajstić information content (AvgIpc) is 2.99. The number of nitrogens with zero attached hydrogens (tertiary/aromatic N) is 4. The number of nitrogens with one attached hydrogen (secondary N) is 1. The first kappa shape index (κ1) is 11.1. The maximum absolute atomic E-state index is 4.62. The van der Waals surface area contributed by atoms with Crippen LogP contribution in [0.3, 0.4) is 0 Å². The summed E-state index contributed by atoms with van der Waals surface area (Å²) in [5, 5.41) is 8.08. The summed E-state index contributed by atoms with van der Waals surface area (Å²) in [6.07, 6.45) is 2.77. The number of rotatable bonds is 1. The zero-order valence-corrected chi connectivity index (χ0v) is 11.3. The van der Waals surface area contributed by atoms with E-state index in [0.717, 1.165) is 23.6 Å². The Hall–Kier alpha value is -1.79. The van der Waals surface area contributed by atoms with Crippen LogP contribution in [0.4, 0.5) is 0 Å². The van der Waals surface area contributed by atoms with Crippen LogP contribution in [0.2, 0.25) is 0 Å². The molecule has 4 heterocycles. The smallest absolute Gasteiger partial charge is 0.213 e. The van der Waals surface area contributed by atoms with E-state index < -0.39 is 0 Å².